The predicted molar refractivity (Wildman–Crippen MR) is 102 cm³/mol. The van der Waals surface area contributed by atoms with Crippen LogP contribution in [0.3, 0.4) is 0 Å². The quantitative estimate of drug-likeness (QED) is 0.687. The summed E-state index contributed by atoms with van der Waals surface area (Å²) < 4.78 is 6.48. The molecule has 0 aliphatic heterocycles. The summed E-state index contributed by atoms with van der Waals surface area (Å²) in [5.74, 6) is 0. The van der Waals surface area contributed by atoms with Crippen LogP contribution in [-0.2, 0) is 6.54 Å². The molecule has 1 aliphatic rings. The highest BCUT2D eigenvalue weighted by Crippen LogP contribution is 2.29. The van der Waals surface area contributed by atoms with E-state index in [9.17, 15) is 0 Å². The highest BCUT2D eigenvalue weighted by atomic mass is 15.3. The smallest absolute Gasteiger partial charge is 0.0951 e. The van der Waals surface area contributed by atoms with Crippen LogP contribution in [0.15, 0.2) is 31.0 Å². The third-order valence-corrected chi connectivity index (χ3v) is 5.48. The molecule has 1 fully saturated rings. The Morgan fingerprint density at radius 3 is 2.69 bits per heavy atom. The molecule has 0 bridgehead atoms. The van der Waals surface area contributed by atoms with Gasteiger partial charge in [0.15, 0.2) is 0 Å². The van der Waals surface area contributed by atoms with Gasteiger partial charge in [0.1, 0.15) is 0 Å². The monoisotopic (exact) mass is 352 g/mol. The van der Waals surface area contributed by atoms with Crippen LogP contribution in [0, 0.1) is 13.8 Å². The van der Waals surface area contributed by atoms with Gasteiger partial charge in [0.25, 0.3) is 0 Å². The molecule has 4 rings (SSSR count). The normalized spacial score (nSPS) is 16.9. The van der Waals surface area contributed by atoms with Crippen molar-refractivity contribution >= 4 is 0 Å². The van der Waals surface area contributed by atoms with Gasteiger partial charge in [-0.3, -0.25) is 9.36 Å². The van der Waals surface area contributed by atoms with Gasteiger partial charge in [-0.15, -0.1) is 0 Å². The Morgan fingerprint density at radius 1 is 1.15 bits per heavy atom. The largest absolute Gasteiger partial charge is 0.328 e. The second-order valence-electron chi connectivity index (χ2n) is 7.65. The molecule has 3 aromatic rings. The van der Waals surface area contributed by atoms with Crippen molar-refractivity contribution in [2.45, 2.75) is 71.5 Å². The zero-order valence-corrected chi connectivity index (χ0v) is 16.0. The summed E-state index contributed by atoms with van der Waals surface area (Å²) in [7, 11) is 0. The number of imidazole rings is 1. The van der Waals surface area contributed by atoms with E-state index < -0.39 is 0 Å². The summed E-state index contributed by atoms with van der Waals surface area (Å²) >= 11 is 0. The Balaban J connectivity index is 1.53. The van der Waals surface area contributed by atoms with Crippen molar-refractivity contribution < 1.29 is 0 Å². The van der Waals surface area contributed by atoms with Gasteiger partial charge in [0.2, 0.25) is 0 Å². The fourth-order valence-electron chi connectivity index (χ4n) is 4.18. The summed E-state index contributed by atoms with van der Waals surface area (Å²) in [6.45, 7) is 7.19. The molecule has 1 saturated carbocycles. The number of aromatic nitrogens is 6. The third kappa shape index (κ3) is 3.32. The standard InChI is InChI=1S/C20H28N6/c1-15-9-16(2)26(23-15)17(3)12-24-14-21-11-20(24)18-10-22-25(13-18)19-7-5-4-6-8-19/h9-11,13-14,17,19H,4-8,12H2,1-3H3/t17-/m1/s1. The Labute approximate surface area is 154 Å². The molecular weight excluding hydrogens is 324 g/mol. The topological polar surface area (TPSA) is 53.5 Å². The van der Waals surface area contributed by atoms with E-state index >= 15 is 0 Å². The Kier molecular flexibility index (Phi) is 4.66. The van der Waals surface area contributed by atoms with Crippen molar-refractivity contribution in [2.24, 2.45) is 0 Å². The molecule has 0 N–H and O–H groups in total. The summed E-state index contributed by atoms with van der Waals surface area (Å²) in [4.78, 5) is 4.39. The van der Waals surface area contributed by atoms with Gasteiger partial charge in [-0.25, -0.2) is 4.98 Å². The van der Waals surface area contributed by atoms with E-state index in [4.69, 9.17) is 0 Å². The van der Waals surface area contributed by atoms with Gasteiger partial charge in [-0.1, -0.05) is 19.3 Å². The first-order chi connectivity index (χ1) is 12.6. The average Bonchev–Trinajstić information content (AvgIpc) is 3.35. The van der Waals surface area contributed by atoms with Crippen molar-refractivity contribution in [3.63, 3.8) is 0 Å². The number of rotatable bonds is 5. The Hall–Kier alpha value is -2.37. The van der Waals surface area contributed by atoms with Gasteiger partial charge in [0.05, 0.1) is 42.2 Å². The maximum absolute atomic E-state index is 4.65. The maximum atomic E-state index is 4.65. The van der Waals surface area contributed by atoms with Crippen molar-refractivity contribution in [1.82, 2.24) is 29.1 Å². The van der Waals surface area contributed by atoms with E-state index in [0.29, 0.717) is 6.04 Å². The molecule has 6 nitrogen and oxygen atoms in total. The SMILES string of the molecule is Cc1cc(C)n([C@H](C)Cn2cncc2-c2cnn(C3CCCCC3)c2)n1. The first-order valence-electron chi connectivity index (χ1n) is 9.69. The Morgan fingerprint density at radius 2 is 1.96 bits per heavy atom. The number of nitrogens with zero attached hydrogens (tertiary/aromatic N) is 6. The van der Waals surface area contributed by atoms with E-state index in [1.54, 1.807) is 0 Å². The molecule has 0 unspecified atom stereocenters. The van der Waals surface area contributed by atoms with Gasteiger partial charge >= 0.3 is 0 Å². The molecule has 0 radical (unpaired) electrons. The van der Waals surface area contributed by atoms with Gasteiger partial charge in [0, 0.05) is 24.0 Å². The Bertz CT molecular complexity index is 865. The second-order valence-corrected chi connectivity index (χ2v) is 7.65. The van der Waals surface area contributed by atoms with Crippen LogP contribution in [0.2, 0.25) is 0 Å². The van der Waals surface area contributed by atoms with Gasteiger partial charge in [-0.2, -0.15) is 10.2 Å². The minimum atomic E-state index is 0.269. The van der Waals surface area contributed by atoms with Crippen LogP contribution >= 0.6 is 0 Å². The summed E-state index contributed by atoms with van der Waals surface area (Å²) in [6, 6.07) is 2.95. The molecule has 26 heavy (non-hydrogen) atoms. The van der Waals surface area contributed by atoms with E-state index in [2.05, 4.69) is 55.2 Å². The first-order valence-corrected chi connectivity index (χ1v) is 9.69. The lowest BCUT2D eigenvalue weighted by atomic mass is 9.96. The molecule has 6 heteroatoms. The number of hydrogen-bond acceptors (Lipinski definition) is 3. The minimum absolute atomic E-state index is 0.269. The zero-order valence-electron chi connectivity index (χ0n) is 16.0. The minimum Gasteiger partial charge on any atom is -0.328 e. The molecule has 3 aromatic heterocycles. The molecule has 0 amide bonds. The van der Waals surface area contributed by atoms with Crippen LogP contribution in [0.5, 0.6) is 0 Å². The molecule has 0 spiro atoms. The highest BCUT2D eigenvalue weighted by molar-refractivity contribution is 5.56. The van der Waals surface area contributed by atoms with E-state index in [1.807, 2.05) is 25.6 Å². The molecule has 138 valence electrons. The lowest BCUT2D eigenvalue weighted by Crippen LogP contribution is -2.15. The van der Waals surface area contributed by atoms with E-state index in [1.165, 1.54) is 37.8 Å². The first kappa shape index (κ1) is 17.1. The van der Waals surface area contributed by atoms with Crippen LogP contribution in [0.4, 0.5) is 0 Å². The van der Waals surface area contributed by atoms with Crippen LogP contribution in [0.25, 0.3) is 11.3 Å². The number of hydrogen-bond donors (Lipinski definition) is 0. The van der Waals surface area contributed by atoms with Crippen molar-refractivity contribution in [3.05, 3.63) is 42.4 Å². The van der Waals surface area contributed by atoms with E-state index in [0.717, 1.165) is 23.5 Å². The van der Waals surface area contributed by atoms with Crippen molar-refractivity contribution in [2.75, 3.05) is 0 Å². The molecular formula is C20H28N6. The van der Waals surface area contributed by atoms with Crippen LogP contribution < -0.4 is 0 Å². The fourth-order valence-corrected chi connectivity index (χ4v) is 4.18. The van der Waals surface area contributed by atoms with Gasteiger partial charge in [-0.05, 0) is 39.7 Å². The van der Waals surface area contributed by atoms with Gasteiger partial charge < -0.3 is 4.57 Å². The lowest BCUT2D eigenvalue weighted by Gasteiger charge is -2.21. The zero-order chi connectivity index (χ0) is 18.1. The molecule has 1 aliphatic carbocycles. The molecule has 1 atom stereocenters. The van der Waals surface area contributed by atoms with Crippen LogP contribution in [-0.4, -0.2) is 29.1 Å². The summed E-state index contributed by atoms with van der Waals surface area (Å²) in [5, 5.41) is 9.27. The van der Waals surface area contributed by atoms with Crippen LogP contribution in [0.1, 0.15) is 62.5 Å². The molecule has 3 heterocycles. The number of aryl methyl sites for hydroxylation is 2. The molecule has 0 aromatic carbocycles. The predicted octanol–water partition coefficient (Wildman–Crippen LogP) is 4.33. The maximum Gasteiger partial charge on any atom is 0.0951 e. The summed E-state index contributed by atoms with van der Waals surface area (Å²) in [5.41, 5.74) is 4.53. The average molecular weight is 352 g/mol. The molecule has 0 saturated heterocycles. The summed E-state index contributed by atoms with van der Waals surface area (Å²) in [6.07, 6.45) is 14.5. The highest BCUT2D eigenvalue weighted by Gasteiger charge is 2.18. The van der Waals surface area contributed by atoms with Crippen molar-refractivity contribution in [1.29, 1.82) is 0 Å². The third-order valence-electron chi connectivity index (χ3n) is 5.48. The van der Waals surface area contributed by atoms with E-state index in [-0.39, 0.29) is 6.04 Å². The van der Waals surface area contributed by atoms with Crippen molar-refractivity contribution in [3.8, 4) is 11.3 Å². The fraction of sp³-hybridized carbons (Fsp3) is 0.550. The lowest BCUT2D eigenvalue weighted by molar-refractivity contribution is 0.329. The second kappa shape index (κ2) is 7.09.